The first-order chi connectivity index (χ1) is 9.47. The van der Waals surface area contributed by atoms with Gasteiger partial charge in [0.05, 0.1) is 0 Å². The molecule has 5 heteroatoms. The maximum Gasteiger partial charge on any atom is 0.387 e. The summed E-state index contributed by atoms with van der Waals surface area (Å²) in [6, 6.07) is 9.73. The lowest BCUT2D eigenvalue weighted by Crippen LogP contribution is -2.04. The molecule has 0 heterocycles. The highest BCUT2D eigenvalue weighted by Gasteiger charge is 2.14. The quantitative estimate of drug-likeness (QED) is 0.923. The largest absolute Gasteiger partial charge is 0.435 e. The van der Waals surface area contributed by atoms with Gasteiger partial charge in [0.1, 0.15) is 17.7 Å². The smallest absolute Gasteiger partial charge is 0.387 e. The third-order valence-corrected chi connectivity index (χ3v) is 2.96. The van der Waals surface area contributed by atoms with Crippen LogP contribution in [0.1, 0.15) is 22.8 Å². The molecular weight excluding hydrogens is 269 g/mol. The van der Waals surface area contributed by atoms with Crippen molar-refractivity contribution in [1.82, 2.24) is 0 Å². The molecule has 1 atom stereocenters. The number of halogens is 3. The lowest BCUT2D eigenvalue weighted by molar-refractivity contribution is -0.0498. The molecule has 0 radical (unpaired) electrons. The molecular formula is C15H13F3O2. The number of alkyl halides is 2. The first-order valence-corrected chi connectivity index (χ1v) is 5.96. The fourth-order valence-corrected chi connectivity index (χ4v) is 1.92. The second-order valence-electron chi connectivity index (χ2n) is 4.35. The van der Waals surface area contributed by atoms with Gasteiger partial charge in [-0.05, 0) is 47.9 Å². The van der Waals surface area contributed by atoms with Gasteiger partial charge in [0.25, 0.3) is 0 Å². The predicted octanol–water partition coefficient (Wildman–Crippen LogP) is 3.82. The zero-order valence-electron chi connectivity index (χ0n) is 10.7. The summed E-state index contributed by atoms with van der Waals surface area (Å²) in [4.78, 5) is 0. The van der Waals surface area contributed by atoms with E-state index in [2.05, 4.69) is 4.74 Å². The molecule has 1 N–H and O–H groups in total. The summed E-state index contributed by atoms with van der Waals surface area (Å²) in [7, 11) is 0. The van der Waals surface area contributed by atoms with Crippen molar-refractivity contribution in [3.63, 3.8) is 0 Å². The van der Waals surface area contributed by atoms with Crippen LogP contribution in [-0.4, -0.2) is 11.7 Å². The molecule has 2 nitrogen and oxygen atoms in total. The fourth-order valence-electron chi connectivity index (χ4n) is 1.92. The highest BCUT2D eigenvalue weighted by atomic mass is 19.3. The van der Waals surface area contributed by atoms with E-state index >= 15 is 0 Å². The zero-order valence-corrected chi connectivity index (χ0v) is 10.7. The van der Waals surface area contributed by atoms with Crippen LogP contribution in [0.5, 0.6) is 5.75 Å². The third-order valence-electron chi connectivity index (χ3n) is 2.96. The van der Waals surface area contributed by atoms with E-state index in [0.29, 0.717) is 11.1 Å². The number of rotatable bonds is 4. The van der Waals surface area contributed by atoms with Crippen LogP contribution in [-0.2, 0) is 0 Å². The van der Waals surface area contributed by atoms with Crippen LogP contribution in [0.3, 0.4) is 0 Å². The van der Waals surface area contributed by atoms with E-state index in [0.717, 1.165) is 5.56 Å². The standard InChI is InChI=1S/C15H13F3O2/c1-9-2-5-11(16)8-13(9)14(19)10-3-6-12(7-4-10)20-15(17)18/h2-8,14-15,19H,1H3. The molecule has 0 bridgehead atoms. The number of hydrogen-bond acceptors (Lipinski definition) is 2. The van der Waals surface area contributed by atoms with E-state index in [-0.39, 0.29) is 5.75 Å². The monoisotopic (exact) mass is 282 g/mol. The van der Waals surface area contributed by atoms with Gasteiger partial charge in [-0.15, -0.1) is 0 Å². The molecule has 0 fully saturated rings. The minimum absolute atomic E-state index is 0.00640. The van der Waals surface area contributed by atoms with Crippen molar-refractivity contribution in [2.45, 2.75) is 19.6 Å². The van der Waals surface area contributed by atoms with Gasteiger partial charge in [0.15, 0.2) is 0 Å². The lowest BCUT2D eigenvalue weighted by atomic mass is 9.97. The van der Waals surface area contributed by atoms with E-state index in [1.807, 2.05) is 0 Å². The Morgan fingerprint density at radius 3 is 2.30 bits per heavy atom. The molecule has 2 aromatic rings. The van der Waals surface area contributed by atoms with Crippen molar-refractivity contribution in [1.29, 1.82) is 0 Å². The van der Waals surface area contributed by atoms with Crippen LogP contribution < -0.4 is 4.74 Å². The first-order valence-electron chi connectivity index (χ1n) is 5.96. The Labute approximate surface area is 114 Å². The van der Waals surface area contributed by atoms with E-state index in [4.69, 9.17) is 0 Å². The Balaban J connectivity index is 2.24. The minimum atomic E-state index is -2.89. The second kappa shape index (κ2) is 5.96. The molecule has 106 valence electrons. The van der Waals surface area contributed by atoms with Gasteiger partial charge in [-0.25, -0.2) is 4.39 Å². The van der Waals surface area contributed by atoms with Crippen molar-refractivity contribution in [2.75, 3.05) is 0 Å². The Hall–Kier alpha value is -2.01. The number of benzene rings is 2. The molecule has 0 amide bonds. The molecule has 0 aliphatic heterocycles. The van der Waals surface area contributed by atoms with Crippen LogP contribution in [0.2, 0.25) is 0 Å². The van der Waals surface area contributed by atoms with Crippen LogP contribution in [0.15, 0.2) is 42.5 Å². The zero-order chi connectivity index (χ0) is 14.7. The molecule has 2 aromatic carbocycles. The first kappa shape index (κ1) is 14.4. The van der Waals surface area contributed by atoms with Gasteiger partial charge in [-0.3, -0.25) is 0 Å². The van der Waals surface area contributed by atoms with Gasteiger partial charge in [-0.2, -0.15) is 8.78 Å². The molecule has 0 spiro atoms. The fraction of sp³-hybridized carbons (Fsp3) is 0.200. The molecule has 0 saturated heterocycles. The maximum atomic E-state index is 13.2. The van der Waals surface area contributed by atoms with E-state index in [1.54, 1.807) is 13.0 Å². The number of aliphatic hydroxyl groups is 1. The Morgan fingerprint density at radius 2 is 1.70 bits per heavy atom. The average Bonchev–Trinajstić information content (AvgIpc) is 2.41. The van der Waals surface area contributed by atoms with Crippen molar-refractivity contribution < 1.29 is 23.0 Å². The summed E-state index contributed by atoms with van der Waals surface area (Å²) < 4.78 is 41.5. The molecule has 1 unspecified atom stereocenters. The number of ether oxygens (including phenoxy) is 1. The van der Waals surface area contributed by atoms with Gasteiger partial charge in [-0.1, -0.05) is 18.2 Å². The van der Waals surface area contributed by atoms with Crippen molar-refractivity contribution >= 4 is 0 Å². The highest BCUT2D eigenvalue weighted by molar-refractivity contribution is 5.37. The number of aryl methyl sites for hydroxylation is 1. The SMILES string of the molecule is Cc1ccc(F)cc1C(O)c1ccc(OC(F)F)cc1. The van der Waals surface area contributed by atoms with Crippen LogP contribution in [0.25, 0.3) is 0 Å². The molecule has 2 rings (SSSR count). The Bertz CT molecular complexity index is 582. The van der Waals surface area contributed by atoms with Crippen molar-refractivity contribution in [3.05, 3.63) is 65.0 Å². The highest BCUT2D eigenvalue weighted by Crippen LogP contribution is 2.27. The van der Waals surface area contributed by atoms with E-state index in [9.17, 15) is 18.3 Å². The minimum Gasteiger partial charge on any atom is -0.435 e. The van der Waals surface area contributed by atoms with Gasteiger partial charge < -0.3 is 9.84 Å². The van der Waals surface area contributed by atoms with Gasteiger partial charge in [0.2, 0.25) is 0 Å². The molecule has 20 heavy (non-hydrogen) atoms. The van der Waals surface area contributed by atoms with Crippen LogP contribution >= 0.6 is 0 Å². The normalized spacial score (nSPS) is 12.5. The van der Waals surface area contributed by atoms with Crippen molar-refractivity contribution in [3.8, 4) is 5.75 Å². The van der Waals surface area contributed by atoms with Gasteiger partial charge in [0, 0.05) is 0 Å². The molecule has 0 aliphatic carbocycles. The molecule has 0 aliphatic rings. The lowest BCUT2D eigenvalue weighted by Gasteiger charge is -2.15. The maximum absolute atomic E-state index is 13.2. The third kappa shape index (κ3) is 3.30. The predicted molar refractivity (Wildman–Crippen MR) is 68.3 cm³/mol. The topological polar surface area (TPSA) is 29.5 Å². The van der Waals surface area contributed by atoms with Crippen molar-refractivity contribution in [2.24, 2.45) is 0 Å². The summed E-state index contributed by atoms with van der Waals surface area (Å²) in [5.41, 5.74) is 1.65. The molecule has 0 aromatic heterocycles. The Kier molecular flexibility index (Phi) is 4.29. The second-order valence-corrected chi connectivity index (χ2v) is 4.35. The van der Waals surface area contributed by atoms with Crippen LogP contribution in [0, 0.1) is 12.7 Å². The summed E-state index contributed by atoms with van der Waals surface area (Å²) in [5, 5.41) is 10.2. The number of hydrogen-bond donors (Lipinski definition) is 1. The van der Waals surface area contributed by atoms with E-state index < -0.39 is 18.5 Å². The average molecular weight is 282 g/mol. The summed E-state index contributed by atoms with van der Waals surface area (Å²) in [5.74, 6) is -0.436. The Morgan fingerprint density at radius 1 is 1.05 bits per heavy atom. The summed E-state index contributed by atoms with van der Waals surface area (Å²) in [6.45, 7) is -1.14. The summed E-state index contributed by atoms with van der Waals surface area (Å²) in [6.07, 6.45) is -1.02. The van der Waals surface area contributed by atoms with E-state index in [1.165, 1.54) is 36.4 Å². The summed E-state index contributed by atoms with van der Waals surface area (Å²) >= 11 is 0. The van der Waals surface area contributed by atoms with Crippen LogP contribution in [0.4, 0.5) is 13.2 Å². The number of aliphatic hydroxyl groups excluding tert-OH is 1. The molecule has 0 saturated carbocycles. The van der Waals surface area contributed by atoms with Gasteiger partial charge >= 0.3 is 6.61 Å².